The van der Waals surface area contributed by atoms with Crippen molar-refractivity contribution < 1.29 is 9.90 Å². The summed E-state index contributed by atoms with van der Waals surface area (Å²) in [4.78, 5) is 22.4. The number of carbonyl (C=O) groups is 1. The molecule has 0 fully saturated rings. The van der Waals surface area contributed by atoms with E-state index in [2.05, 4.69) is 9.38 Å². The second-order valence-corrected chi connectivity index (χ2v) is 6.57. The zero-order valence-corrected chi connectivity index (χ0v) is 12.8. The Morgan fingerprint density at radius 1 is 1.27 bits per heavy atom. The lowest BCUT2D eigenvalue weighted by molar-refractivity contribution is -0.136. The quantitative estimate of drug-likeness (QED) is 0.807. The summed E-state index contributed by atoms with van der Waals surface area (Å²) in [5, 5.41) is 9.31. The van der Waals surface area contributed by atoms with Crippen molar-refractivity contribution in [1.82, 2.24) is 14.4 Å². The molecular weight excluding hydrogens is 298 g/mol. The lowest BCUT2D eigenvalue weighted by Crippen LogP contribution is -2.09. The summed E-state index contributed by atoms with van der Waals surface area (Å²) in [6.07, 6.45) is 7.87. The molecule has 1 aliphatic rings. The van der Waals surface area contributed by atoms with Crippen LogP contribution in [0.15, 0.2) is 24.5 Å². The first-order valence-electron chi connectivity index (χ1n) is 7.38. The van der Waals surface area contributed by atoms with Crippen molar-refractivity contribution in [2.24, 2.45) is 0 Å². The van der Waals surface area contributed by atoms with Gasteiger partial charge in [0.1, 0.15) is 0 Å². The fourth-order valence-corrected chi connectivity index (χ4v) is 4.37. The SMILES string of the molecule is O=C(O)Cc1c(-c2ccncc2)nc2sc3c(n12)CCCC3. The molecule has 0 unspecified atom stereocenters. The number of thiazole rings is 1. The number of pyridine rings is 1. The predicted molar refractivity (Wildman–Crippen MR) is 84.3 cm³/mol. The summed E-state index contributed by atoms with van der Waals surface area (Å²) >= 11 is 1.70. The Balaban J connectivity index is 1.97. The summed E-state index contributed by atoms with van der Waals surface area (Å²) in [5.74, 6) is -0.826. The smallest absolute Gasteiger partial charge is 0.309 e. The van der Waals surface area contributed by atoms with Gasteiger partial charge >= 0.3 is 5.97 Å². The molecule has 3 heterocycles. The lowest BCUT2D eigenvalue weighted by atomic mass is 10.0. The molecule has 0 amide bonds. The molecule has 0 radical (unpaired) electrons. The summed E-state index contributed by atoms with van der Waals surface area (Å²) in [6.45, 7) is 0. The average molecular weight is 313 g/mol. The summed E-state index contributed by atoms with van der Waals surface area (Å²) in [7, 11) is 0. The molecule has 5 nitrogen and oxygen atoms in total. The van der Waals surface area contributed by atoms with Crippen molar-refractivity contribution in [3.05, 3.63) is 40.8 Å². The van der Waals surface area contributed by atoms with Crippen molar-refractivity contribution in [2.75, 3.05) is 0 Å². The second-order valence-electron chi connectivity index (χ2n) is 5.51. The molecule has 3 aromatic rings. The van der Waals surface area contributed by atoms with Gasteiger partial charge < -0.3 is 5.11 Å². The van der Waals surface area contributed by atoms with Gasteiger partial charge in [-0.25, -0.2) is 4.98 Å². The van der Waals surface area contributed by atoms with Gasteiger partial charge in [0.2, 0.25) is 0 Å². The number of aliphatic carboxylic acids is 1. The Kier molecular flexibility index (Phi) is 3.18. The first-order valence-corrected chi connectivity index (χ1v) is 8.20. The molecule has 6 heteroatoms. The largest absolute Gasteiger partial charge is 0.481 e. The van der Waals surface area contributed by atoms with E-state index in [-0.39, 0.29) is 6.42 Å². The molecule has 3 aromatic heterocycles. The van der Waals surface area contributed by atoms with Crippen LogP contribution in [0.25, 0.3) is 16.2 Å². The molecule has 4 rings (SSSR count). The van der Waals surface area contributed by atoms with Gasteiger partial charge in [0.15, 0.2) is 4.96 Å². The standard InChI is InChI=1S/C16H15N3O2S/c20-14(21)9-12-15(10-5-7-17-8-6-10)18-16-19(12)11-3-1-2-4-13(11)22-16/h5-8H,1-4,9H2,(H,20,21). The minimum absolute atomic E-state index is 0.0119. The molecule has 1 N–H and O–H groups in total. The van der Waals surface area contributed by atoms with E-state index in [0.717, 1.165) is 41.2 Å². The molecule has 0 spiro atoms. The van der Waals surface area contributed by atoms with Crippen molar-refractivity contribution in [3.8, 4) is 11.3 Å². The lowest BCUT2D eigenvalue weighted by Gasteiger charge is -2.12. The van der Waals surface area contributed by atoms with Crippen LogP contribution in [0, 0.1) is 0 Å². The normalized spacial score (nSPS) is 14.2. The van der Waals surface area contributed by atoms with Crippen LogP contribution in [0.1, 0.15) is 29.1 Å². The van der Waals surface area contributed by atoms with Gasteiger partial charge in [0.25, 0.3) is 0 Å². The molecule has 0 atom stereocenters. The van der Waals surface area contributed by atoms with E-state index >= 15 is 0 Å². The van der Waals surface area contributed by atoms with Crippen LogP contribution in [-0.2, 0) is 24.1 Å². The number of hydrogen-bond donors (Lipinski definition) is 1. The third-order valence-electron chi connectivity index (χ3n) is 4.09. The number of hydrogen-bond acceptors (Lipinski definition) is 4. The van der Waals surface area contributed by atoms with E-state index in [0.29, 0.717) is 0 Å². The Morgan fingerprint density at radius 2 is 2.05 bits per heavy atom. The molecule has 0 saturated carbocycles. The van der Waals surface area contributed by atoms with Crippen LogP contribution in [0.4, 0.5) is 0 Å². The van der Waals surface area contributed by atoms with Gasteiger partial charge in [-0.3, -0.25) is 14.2 Å². The first-order chi connectivity index (χ1) is 10.7. The molecule has 22 heavy (non-hydrogen) atoms. The van der Waals surface area contributed by atoms with E-state index in [1.165, 1.54) is 17.0 Å². The Hall–Kier alpha value is -2.21. The van der Waals surface area contributed by atoms with E-state index in [9.17, 15) is 9.90 Å². The van der Waals surface area contributed by atoms with Gasteiger partial charge in [0.05, 0.1) is 17.8 Å². The molecule has 0 saturated heterocycles. The van der Waals surface area contributed by atoms with E-state index in [1.807, 2.05) is 12.1 Å². The fourth-order valence-electron chi connectivity index (χ4n) is 3.14. The third kappa shape index (κ3) is 2.11. The maximum absolute atomic E-state index is 11.3. The molecule has 0 aliphatic heterocycles. The number of fused-ring (bicyclic) bond motifs is 3. The maximum Gasteiger partial charge on any atom is 0.309 e. The minimum atomic E-state index is -0.826. The fraction of sp³-hybridized carbons (Fsp3) is 0.312. The zero-order valence-electron chi connectivity index (χ0n) is 12.0. The van der Waals surface area contributed by atoms with E-state index < -0.39 is 5.97 Å². The average Bonchev–Trinajstić information content (AvgIpc) is 3.04. The Labute approximate surface area is 131 Å². The Morgan fingerprint density at radius 3 is 2.82 bits per heavy atom. The first kappa shape index (κ1) is 13.5. The highest BCUT2D eigenvalue weighted by Gasteiger charge is 2.24. The zero-order chi connectivity index (χ0) is 15.1. The summed E-state index contributed by atoms with van der Waals surface area (Å²) < 4.78 is 2.09. The molecule has 0 bridgehead atoms. The molecule has 112 valence electrons. The molecule has 0 aromatic carbocycles. The van der Waals surface area contributed by atoms with Gasteiger partial charge in [0, 0.05) is 28.5 Å². The minimum Gasteiger partial charge on any atom is -0.481 e. The van der Waals surface area contributed by atoms with Crippen LogP contribution < -0.4 is 0 Å². The highest BCUT2D eigenvalue weighted by atomic mass is 32.1. The van der Waals surface area contributed by atoms with Gasteiger partial charge in [-0.05, 0) is 37.8 Å². The number of rotatable bonds is 3. The van der Waals surface area contributed by atoms with Crippen LogP contribution in [0.2, 0.25) is 0 Å². The van der Waals surface area contributed by atoms with Gasteiger partial charge in [-0.2, -0.15) is 0 Å². The second kappa shape index (κ2) is 5.21. The number of aryl methyl sites for hydroxylation is 2. The number of nitrogens with zero attached hydrogens (tertiary/aromatic N) is 3. The van der Waals surface area contributed by atoms with E-state index in [4.69, 9.17) is 4.98 Å². The number of carboxylic acid groups (broad SMARTS) is 1. The van der Waals surface area contributed by atoms with Crippen LogP contribution in [-0.4, -0.2) is 25.4 Å². The molecular formula is C16H15N3O2S. The summed E-state index contributed by atoms with van der Waals surface area (Å²) in [6, 6.07) is 3.76. The Bertz CT molecular complexity index is 851. The van der Waals surface area contributed by atoms with Crippen LogP contribution in [0.5, 0.6) is 0 Å². The number of aromatic nitrogens is 3. The van der Waals surface area contributed by atoms with Crippen molar-refractivity contribution >= 4 is 22.3 Å². The number of imidazole rings is 1. The topological polar surface area (TPSA) is 67.5 Å². The third-order valence-corrected chi connectivity index (χ3v) is 5.23. The monoisotopic (exact) mass is 313 g/mol. The highest BCUT2D eigenvalue weighted by molar-refractivity contribution is 7.17. The summed E-state index contributed by atoms with van der Waals surface area (Å²) in [5.41, 5.74) is 3.74. The van der Waals surface area contributed by atoms with Gasteiger partial charge in [-0.15, -0.1) is 11.3 Å². The van der Waals surface area contributed by atoms with Crippen LogP contribution in [0.3, 0.4) is 0 Å². The predicted octanol–water partition coefficient (Wildman–Crippen LogP) is 2.96. The van der Waals surface area contributed by atoms with Gasteiger partial charge in [-0.1, -0.05) is 0 Å². The van der Waals surface area contributed by atoms with Crippen molar-refractivity contribution in [3.63, 3.8) is 0 Å². The number of carboxylic acids is 1. The van der Waals surface area contributed by atoms with Crippen LogP contribution >= 0.6 is 11.3 Å². The maximum atomic E-state index is 11.3. The van der Waals surface area contributed by atoms with Crippen molar-refractivity contribution in [1.29, 1.82) is 0 Å². The molecule has 1 aliphatic carbocycles. The van der Waals surface area contributed by atoms with E-state index in [1.54, 1.807) is 23.7 Å². The highest BCUT2D eigenvalue weighted by Crippen LogP contribution is 2.35. The van der Waals surface area contributed by atoms with Crippen molar-refractivity contribution in [2.45, 2.75) is 32.1 Å².